The Morgan fingerprint density at radius 3 is 2.75 bits per heavy atom. The molecule has 0 bridgehead atoms. The summed E-state index contributed by atoms with van der Waals surface area (Å²) in [5, 5.41) is 0. The van der Waals surface area contributed by atoms with Gasteiger partial charge in [-0.05, 0) is 43.5 Å². The molecule has 0 radical (unpaired) electrons. The maximum Gasteiger partial charge on any atom is 0.393 e. The van der Waals surface area contributed by atoms with Crippen LogP contribution in [0.1, 0.15) is 18.4 Å². The fourth-order valence-electron chi connectivity index (χ4n) is 2.66. The van der Waals surface area contributed by atoms with Crippen LogP contribution in [0.25, 0.3) is 0 Å². The Labute approximate surface area is 125 Å². The first-order valence-electron chi connectivity index (χ1n) is 6.72. The van der Waals surface area contributed by atoms with E-state index in [1.165, 1.54) is 0 Å². The molecular formula is C14H18BrF3N2. The highest BCUT2D eigenvalue weighted by molar-refractivity contribution is 9.10. The Hall–Kier alpha value is -0.750. The molecule has 112 valence electrons. The van der Waals surface area contributed by atoms with Crippen molar-refractivity contribution in [1.82, 2.24) is 0 Å². The summed E-state index contributed by atoms with van der Waals surface area (Å²) in [6, 6.07) is 5.73. The Morgan fingerprint density at radius 2 is 2.10 bits per heavy atom. The van der Waals surface area contributed by atoms with Gasteiger partial charge < -0.3 is 10.6 Å². The molecule has 0 aromatic heterocycles. The molecule has 0 saturated carbocycles. The van der Waals surface area contributed by atoms with Gasteiger partial charge in [0, 0.05) is 23.2 Å². The molecule has 1 saturated heterocycles. The fraction of sp³-hybridized carbons (Fsp3) is 0.571. The minimum Gasteiger partial charge on any atom is -0.371 e. The lowest BCUT2D eigenvalue weighted by Gasteiger charge is -2.36. The van der Waals surface area contributed by atoms with Gasteiger partial charge in [-0.25, -0.2) is 0 Å². The molecule has 1 aromatic rings. The van der Waals surface area contributed by atoms with E-state index in [4.69, 9.17) is 5.73 Å². The molecule has 20 heavy (non-hydrogen) atoms. The molecule has 2 nitrogen and oxygen atoms in total. The van der Waals surface area contributed by atoms with Gasteiger partial charge in [0.05, 0.1) is 5.92 Å². The van der Waals surface area contributed by atoms with Gasteiger partial charge >= 0.3 is 6.18 Å². The average Bonchev–Trinajstić information content (AvgIpc) is 2.40. The molecule has 6 heteroatoms. The normalized spacial score (nSPS) is 20.2. The Kier molecular flexibility index (Phi) is 4.96. The number of piperidine rings is 1. The highest BCUT2D eigenvalue weighted by atomic mass is 79.9. The van der Waals surface area contributed by atoms with Crippen molar-refractivity contribution < 1.29 is 13.2 Å². The van der Waals surface area contributed by atoms with Gasteiger partial charge in [-0.15, -0.1) is 0 Å². The monoisotopic (exact) mass is 350 g/mol. The summed E-state index contributed by atoms with van der Waals surface area (Å²) in [5.41, 5.74) is 7.47. The summed E-state index contributed by atoms with van der Waals surface area (Å²) >= 11 is 3.39. The number of nitrogens with zero attached hydrogens (tertiary/aromatic N) is 1. The van der Waals surface area contributed by atoms with Crippen LogP contribution in [0.15, 0.2) is 22.7 Å². The van der Waals surface area contributed by atoms with E-state index in [0.29, 0.717) is 25.9 Å². The zero-order chi connectivity index (χ0) is 14.8. The second kappa shape index (κ2) is 6.35. The van der Waals surface area contributed by atoms with Gasteiger partial charge in [-0.1, -0.05) is 22.0 Å². The van der Waals surface area contributed by atoms with E-state index in [1.807, 2.05) is 23.1 Å². The largest absolute Gasteiger partial charge is 0.393 e. The summed E-state index contributed by atoms with van der Waals surface area (Å²) in [6.45, 7) is 1.20. The lowest BCUT2D eigenvalue weighted by molar-refractivity contribution is -0.176. The minimum absolute atomic E-state index is 0.0392. The summed E-state index contributed by atoms with van der Waals surface area (Å²) in [5.74, 6) is -1.24. The van der Waals surface area contributed by atoms with Crippen LogP contribution in [-0.2, 0) is 6.42 Å². The van der Waals surface area contributed by atoms with Crippen LogP contribution < -0.4 is 10.6 Å². The van der Waals surface area contributed by atoms with E-state index in [-0.39, 0.29) is 13.0 Å². The van der Waals surface area contributed by atoms with Crippen LogP contribution >= 0.6 is 15.9 Å². The molecule has 0 spiro atoms. The van der Waals surface area contributed by atoms with E-state index in [2.05, 4.69) is 15.9 Å². The summed E-state index contributed by atoms with van der Waals surface area (Å²) < 4.78 is 39.6. The van der Waals surface area contributed by atoms with Crippen molar-refractivity contribution in [3.63, 3.8) is 0 Å². The first-order chi connectivity index (χ1) is 9.41. The average molecular weight is 351 g/mol. The Balaban J connectivity index is 2.24. The molecule has 2 rings (SSSR count). The van der Waals surface area contributed by atoms with Gasteiger partial charge in [0.1, 0.15) is 0 Å². The number of alkyl halides is 3. The highest BCUT2D eigenvalue weighted by Gasteiger charge is 2.42. The second-order valence-corrected chi connectivity index (χ2v) is 6.05. The van der Waals surface area contributed by atoms with Crippen LogP contribution in [-0.4, -0.2) is 25.8 Å². The van der Waals surface area contributed by atoms with Crippen molar-refractivity contribution in [2.24, 2.45) is 11.7 Å². The third-order valence-electron chi connectivity index (χ3n) is 3.69. The van der Waals surface area contributed by atoms with Crippen LogP contribution in [0.3, 0.4) is 0 Å². The smallest absolute Gasteiger partial charge is 0.371 e. The summed E-state index contributed by atoms with van der Waals surface area (Å²) in [7, 11) is 0. The molecule has 0 aliphatic carbocycles. The molecule has 1 aliphatic rings. The molecule has 1 aromatic carbocycles. The summed E-state index contributed by atoms with van der Waals surface area (Å²) in [4.78, 5) is 1.84. The molecule has 1 heterocycles. The topological polar surface area (TPSA) is 29.3 Å². The second-order valence-electron chi connectivity index (χ2n) is 5.14. The predicted molar refractivity (Wildman–Crippen MR) is 77.9 cm³/mol. The van der Waals surface area contributed by atoms with E-state index in [0.717, 1.165) is 15.7 Å². The molecule has 0 amide bonds. The van der Waals surface area contributed by atoms with Gasteiger partial charge in [0.25, 0.3) is 0 Å². The number of nitrogens with two attached hydrogens (primary N) is 1. The van der Waals surface area contributed by atoms with E-state index >= 15 is 0 Å². The number of rotatable bonds is 3. The number of hydrogen-bond donors (Lipinski definition) is 1. The van der Waals surface area contributed by atoms with Crippen LogP contribution in [0, 0.1) is 5.92 Å². The van der Waals surface area contributed by atoms with Crippen molar-refractivity contribution in [1.29, 1.82) is 0 Å². The lowest BCUT2D eigenvalue weighted by Crippen LogP contribution is -2.42. The summed E-state index contributed by atoms with van der Waals surface area (Å²) in [6.07, 6.45) is -2.65. The van der Waals surface area contributed by atoms with Gasteiger partial charge in [-0.2, -0.15) is 13.2 Å². The zero-order valence-corrected chi connectivity index (χ0v) is 12.7. The number of anilines is 1. The molecule has 1 atom stereocenters. The van der Waals surface area contributed by atoms with Gasteiger partial charge in [-0.3, -0.25) is 0 Å². The van der Waals surface area contributed by atoms with Crippen molar-refractivity contribution >= 4 is 21.6 Å². The van der Waals surface area contributed by atoms with Crippen molar-refractivity contribution in [2.75, 3.05) is 24.5 Å². The first kappa shape index (κ1) is 15.6. The molecule has 1 aliphatic heterocycles. The van der Waals surface area contributed by atoms with Crippen LogP contribution in [0.5, 0.6) is 0 Å². The highest BCUT2D eigenvalue weighted by Crippen LogP contribution is 2.36. The molecule has 1 unspecified atom stereocenters. The molecular weight excluding hydrogens is 333 g/mol. The third kappa shape index (κ3) is 3.67. The lowest BCUT2D eigenvalue weighted by atomic mass is 9.96. The zero-order valence-electron chi connectivity index (χ0n) is 11.1. The first-order valence-corrected chi connectivity index (χ1v) is 7.51. The van der Waals surface area contributed by atoms with Crippen molar-refractivity contribution in [3.05, 3.63) is 28.2 Å². The van der Waals surface area contributed by atoms with Gasteiger partial charge in [0.15, 0.2) is 0 Å². The minimum atomic E-state index is -4.11. The standard InChI is InChI=1S/C14H18BrF3N2/c15-12-4-3-10(5-6-19)13(8-12)20-7-1-2-11(9-20)14(16,17)18/h3-4,8,11H,1-2,5-7,9,19H2. The number of hydrogen-bond acceptors (Lipinski definition) is 2. The van der Waals surface area contributed by atoms with Crippen molar-refractivity contribution in [2.45, 2.75) is 25.4 Å². The van der Waals surface area contributed by atoms with E-state index < -0.39 is 12.1 Å². The maximum atomic E-state index is 12.9. The Morgan fingerprint density at radius 1 is 1.35 bits per heavy atom. The maximum absolute atomic E-state index is 12.9. The quantitative estimate of drug-likeness (QED) is 0.899. The predicted octanol–water partition coefficient (Wildman–Crippen LogP) is 3.73. The van der Waals surface area contributed by atoms with Gasteiger partial charge in [0.2, 0.25) is 0 Å². The SMILES string of the molecule is NCCc1ccc(Br)cc1N1CCCC(C(F)(F)F)C1. The van der Waals surface area contributed by atoms with Crippen LogP contribution in [0.4, 0.5) is 18.9 Å². The molecule has 1 fully saturated rings. The van der Waals surface area contributed by atoms with E-state index in [1.54, 1.807) is 0 Å². The third-order valence-corrected chi connectivity index (χ3v) is 4.18. The molecule has 2 N–H and O–H groups in total. The van der Waals surface area contributed by atoms with E-state index in [9.17, 15) is 13.2 Å². The van der Waals surface area contributed by atoms with Crippen molar-refractivity contribution in [3.8, 4) is 0 Å². The number of benzene rings is 1. The fourth-order valence-corrected chi connectivity index (χ4v) is 3.01. The van der Waals surface area contributed by atoms with Crippen LogP contribution in [0.2, 0.25) is 0 Å². The Bertz CT molecular complexity index is 462. The number of halogens is 4.